The van der Waals surface area contributed by atoms with Crippen molar-refractivity contribution in [2.24, 2.45) is 5.73 Å². The number of amides is 2. The normalized spacial score (nSPS) is 14.2. The molecule has 0 aromatic carbocycles. The number of carbonyl (C=O) groups excluding carboxylic acids is 2. The Bertz CT molecular complexity index is 1330. The third kappa shape index (κ3) is 6.06. The zero-order valence-corrected chi connectivity index (χ0v) is 19.6. The summed E-state index contributed by atoms with van der Waals surface area (Å²) in [6, 6.07) is 9.09. The third-order valence-corrected chi connectivity index (χ3v) is 5.29. The molecule has 1 aliphatic heterocycles. The van der Waals surface area contributed by atoms with Crippen molar-refractivity contribution >= 4 is 46.9 Å². The van der Waals surface area contributed by atoms with Crippen molar-refractivity contribution in [1.82, 2.24) is 29.8 Å². The number of terminal acetylenes is 1. The molecule has 0 bridgehead atoms. The molecule has 7 N–H and O–H groups in total. The minimum absolute atomic E-state index is 0.242. The lowest BCUT2D eigenvalue weighted by atomic mass is 10.2. The van der Waals surface area contributed by atoms with Crippen LogP contribution >= 0.6 is 0 Å². The molecular formula is C23H27N11O2. The fourth-order valence-electron chi connectivity index (χ4n) is 3.56. The van der Waals surface area contributed by atoms with Crippen LogP contribution in [0.3, 0.4) is 0 Å². The molecule has 1 aliphatic rings. The van der Waals surface area contributed by atoms with Gasteiger partial charge in [-0.25, -0.2) is 9.50 Å². The number of nitrogens with zero attached hydrogens (tertiary/aromatic N) is 6. The summed E-state index contributed by atoms with van der Waals surface area (Å²) in [5.74, 6) is 1.67. The van der Waals surface area contributed by atoms with E-state index in [4.69, 9.17) is 11.5 Å². The fraction of sp³-hybridized carbons (Fsp3) is 0.217. The molecule has 1 saturated heterocycles. The molecule has 13 heteroatoms. The van der Waals surface area contributed by atoms with Crippen LogP contribution in [0.4, 0.5) is 29.1 Å². The summed E-state index contributed by atoms with van der Waals surface area (Å²) in [5.41, 5.74) is 12.3. The van der Waals surface area contributed by atoms with E-state index in [2.05, 4.69) is 60.6 Å². The highest BCUT2D eigenvalue weighted by Gasteiger charge is 2.24. The second-order valence-corrected chi connectivity index (χ2v) is 7.67. The average Bonchev–Trinajstić information content (AvgIpc) is 3.63. The van der Waals surface area contributed by atoms with Crippen molar-refractivity contribution in [3.8, 4) is 12.8 Å². The molecule has 0 unspecified atom stereocenters. The van der Waals surface area contributed by atoms with Gasteiger partial charge in [0.1, 0.15) is 17.0 Å². The summed E-state index contributed by atoms with van der Waals surface area (Å²) in [6.07, 6.45) is 14.2. The molecular weight excluding hydrogens is 462 g/mol. The Hall–Kier alpha value is -5.12. The van der Waals surface area contributed by atoms with Gasteiger partial charge in [0.05, 0.1) is 11.9 Å². The number of nitrogen functional groups attached to an aromatic ring is 1. The van der Waals surface area contributed by atoms with Crippen LogP contribution in [0.1, 0.15) is 30.3 Å². The van der Waals surface area contributed by atoms with Gasteiger partial charge in [-0.05, 0) is 44.0 Å². The van der Waals surface area contributed by atoms with E-state index in [1.807, 2.05) is 18.3 Å². The highest BCUT2D eigenvalue weighted by Crippen LogP contribution is 2.26. The Morgan fingerprint density at radius 1 is 1.31 bits per heavy atom. The zero-order valence-electron chi connectivity index (χ0n) is 19.6. The first kappa shape index (κ1) is 25.5. The topological polar surface area (TPSA) is 185 Å². The minimum atomic E-state index is -0.558. The summed E-state index contributed by atoms with van der Waals surface area (Å²) in [7, 11) is 0. The first-order valence-electron chi connectivity index (χ1n) is 10.9. The van der Waals surface area contributed by atoms with Gasteiger partial charge in [0.15, 0.2) is 11.6 Å². The predicted octanol–water partition coefficient (Wildman–Crippen LogP) is 1.77. The number of carbonyl (C=O) groups is 2. The number of anilines is 5. The summed E-state index contributed by atoms with van der Waals surface area (Å²) < 4.78 is 1.79. The number of hydrogen-bond acceptors (Lipinski definition) is 9. The molecule has 1 atom stereocenters. The Balaban J connectivity index is 0.000000253. The molecule has 0 spiro atoms. The van der Waals surface area contributed by atoms with Crippen molar-refractivity contribution in [1.29, 1.82) is 0 Å². The molecule has 4 aromatic heterocycles. The van der Waals surface area contributed by atoms with Gasteiger partial charge < -0.3 is 27.0 Å². The van der Waals surface area contributed by atoms with Gasteiger partial charge in [0.2, 0.25) is 12.4 Å². The Labute approximate surface area is 207 Å². The van der Waals surface area contributed by atoms with Gasteiger partial charge in [-0.1, -0.05) is 0 Å². The van der Waals surface area contributed by atoms with E-state index in [1.165, 1.54) is 6.20 Å². The van der Waals surface area contributed by atoms with E-state index in [0.717, 1.165) is 24.9 Å². The van der Waals surface area contributed by atoms with Gasteiger partial charge in [0.25, 0.3) is 5.91 Å². The van der Waals surface area contributed by atoms with Crippen LogP contribution in [0.25, 0.3) is 5.52 Å². The standard InChI is InChI=1S/C15H18N8O.C6H7N3O.C2H2/c1-9-4-2-6-22(9)15-18-14(11-5-3-7-23(11)21-15)17-12-8-10(13(16)24)19-20-12;7-6-2-1-5(3-8-6)9-4-10;1-2/h3,5,7-9H,2,4,6H2,1H3,(H2,16,24)(H2,17,18,19,20,21);1-4H,(H2,7,8)(H,9,10);1-2H/t9-;;/m0../s1. The molecule has 0 radical (unpaired) electrons. The second-order valence-electron chi connectivity index (χ2n) is 7.67. The summed E-state index contributed by atoms with van der Waals surface area (Å²) in [4.78, 5) is 31.7. The highest BCUT2D eigenvalue weighted by atomic mass is 16.1. The van der Waals surface area contributed by atoms with Crippen LogP contribution in [-0.4, -0.2) is 54.7 Å². The van der Waals surface area contributed by atoms with E-state index >= 15 is 0 Å². The number of hydrogen-bond donors (Lipinski definition) is 5. The Morgan fingerprint density at radius 2 is 2.11 bits per heavy atom. The van der Waals surface area contributed by atoms with Crippen LogP contribution in [0.15, 0.2) is 42.7 Å². The van der Waals surface area contributed by atoms with Crippen LogP contribution in [0.2, 0.25) is 0 Å². The molecule has 0 saturated carbocycles. The Morgan fingerprint density at radius 3 is 2.72 bits per heavy atom. The van der Waals surface area contributed by atoms with E-state index in [9.17, 15) is 9.59 Å². The smallest absolute Gasteiger partial charge is 0.266 e. The maximum atomic E-state index is 11.2. The Kier molecular flexibility index (Phi) is 8.39. The van der Waals surface area contributed by atoms with Crippen molar-refractivity contribution in [2.75, 3.05) is 27.8 Å². The van der Waals surface area contributed by atoms with Crippen molar-refractivity contribution < 1.29 is 9.59 Å². The van der Waals surface area contributed by atoms with E-state index in [1.54, 1.807) is 22.7 Å². The van der Waals surface area contributed by atoms with E-state index in [-0.39, 0.29) is 5.69 Å². The van der Waals surface area contributed by atoms with E-state index < -0.39 is 5.91 Å². The van der Waals surface area contributed by atoms with Crippen LogP contribution in [-0.2, 0) is 4.79 Å². The number of nitrogens with two attached hydrogens (primary N) is 2. The number of aromatic amines is 1. The average molecular weight is 490 g/mol. The molecule has 36 heavy (non-hydrogen) atoms. The number of rotatable bonds is 6. The zero-order chi connectivity index (χ0) is 26.1. The summed E-state index contributed by atoms with van der Waals surface area (Å²) >= 11 is 0. The number of nitrogens with one attached hydrogen (secondary N) is 3. The van der Waals surface area contributed by atoms with Gasteiger partial charge in [-0.3, -0.25) is 14.7 Å². The molecule has 5 rings (SSSR count). The fourth-order valence-corrected chi connectivity index (χ4v) is 3.56. The lowest BCUT2D eigenvalue weighted by molar-refractivity contribution is -0.105. The van der Waals surface area contributed by atoms with Gasteiger partial charge in [0, 0.05) is 24.8 Å². The molecule has 2 amide bonds. The molecule has 1 fully saturated rings. The molecule has 186 valence electrons. The maximum Gasteiger partial charge on any atom is 0.266 e. The van der Waals surface area contributed by atoms with E-state index in [0.29, 0.717) is 41.5 Å². The molecule has 4 aromatic rings. The second kappa shape index (κ2) is 11.8. The van der Waals surface area contributed by atoms with Gasteiger partial charge >= 0.3 is 0 Å². The van der Waals surface area contributed by atoms with Gasteiger partial charge in [-0.15, -0.1) is 17.9 Å². The number of H-pyrrole nitrogens is 1. The van der Waals surface area contributed by atoms with Crippen molar-refractivity contribution in [3.63, 3.8) is 0 Å². The highest BCUT2D eigenvalue weighted by molar-refractivity contribution is 5.91. The van der Waals surface area contributed by atoms with Crippen LogP contribution in [0, 0.1) is 12.8 Å². The lowest BCUT2D eigenvalue weighted by Gasteiger charge is -2.21. The number of aromatic nitrogens is 6. The van der Waals surface area contributed by atoms with Crippen LogP contribution < -0.4 is 27.0 Å². The van der Waals surface area contributed by atoms with Crippen molar-refractivity contribution in [2.45, 2.75) is 25.8 Å². The third-order valence-electron chi connectivity index (χ3n) is 5.29. The van der Waals surface area contributed by atoms with Crippen LogP contribution in [0.5, 0.6) is 0 Å². The largest absolute Gasteiger partial charge is 0.384 e. The summed E-state index contributed by atoms with van der Waals surface area (Å²) in [6.45, 7) is 3.12. The molecule has 5 heterocycles. The summed E-state index contributed by atoms with van der Waals surface area (Å²) in [5, 5.41) is 16.8. The molecule has 13 nitrogen and oxygen atoms in total. The minimum Gasteiger partial charge on any atom is -0.384 e. The SMILES string of the molecule is C#C.C[C@H]1CCCN1c1nc(Nc2cc(C(N)=O)[nH]n2)c2cccn2n1.Nc1ccc(NC=O)cn1. The first-order valence-corrected chi connectivity index (χ1v) is 10.9. The lowest BCUT2D eigenvalue weighted by Crippen LogP contribution is -2.29. The maximum absolute atomic E-state index is 11.2. The quantitative estimate of drug-likeness (QED) is 0.199. The number of pyridine rings is 1. The number of primary amides is 1. The van der Waals surface area contributed by atoms with Gasteiger partial charge in [-0.2, -0.15) is 10.1 Å². The monoisotopic (exact) mass is 489 g/mol. The predicted molar refractivity (Wildman–Crippen MR) is 138 cm³/mol. The molecule has 0 aliphatic carbocycles. The van der Waals surface area contributed by atoms with Crippen molar-refractivity contribution in [3.05, 3.63) is 48.4 Å². The number of fused-ring (bicyclic) bond motifs is 1. The first-order chi connectivity index (χ1) is 17.4.